The lowest BCUT2D eigenvalue weighted by Gasteiger charge is -2.07. The van der Waals surface area contributed by atoms with Gasteiger partial charge in [0.15, 0.2) is 0 Å². The number of hydrogen-bond acceptors (Lipinski definition) is 4. The summed E-state index contributed by atoms with van der Waals surface area (Å²) < 4.78 is 2.77. The third-order valence-electron chi connectivity index (χ3n) is 3.93. The lowest BCUT2D eigenvalue weighted by atomic mass is 10.2. The Bertz CT molecular complexity index is 794. The fraction of sp³-hybridized carbons (Fsp3) is 0.375. The van der Waals surface area contributed by atoms with Gasteiger partial charge in [-0.1, -0.05) is 24.6 Å². The number of nitrogens with one attached hydrogen (secondary N) is 2. The topological polar surface area (TPSA) is 98.0 Å². The van der Waals surface area contributed by atoms with E-state index in [0.717, 1.165) is 36.2 Å². The molecular weight excluding hydrogens is 310 g/mol. The number of carbonyl (C=O) groups excluding carboxylic acids is 2. The highest BCUT2D eigenvalue weighted by molar-refractivity contribution is 5.95. The summed E-state index contributed by atoms with van der Waals surface area (Å²) in [6, 6.07) is 8.53. The van der Waals surface area contributed by atoms with Gasteiger partial charge in [0.2, 0.25) is 0 Å². The maximum absolute atomic E-state index is 12.3. The molecule has 0 saturated carbocycles. The monoisotopic (exact) mass is 329 g/mol. The molecule has 3 rings (SSSR count). The number of fused-ring (bicyclic) bond motifs is 1. The number of rotatable bonds is 3. The van der Waals surface area contributed by atoms with Crippen molar-refractivity contribution in [1.82, 2.24) is 25.2 Å². The standard InChI is InChI=1S/C16H19N5O3/c22-14(17-18-15(23)12-7-3-1-4-8-12)11-21-16(24)20-10-6-2-5-9-13(20)19-21/h1,3-4,7-8H,2,5-6,9-11H2,(H,17,22)(H,18,23). The zero-order chi connectivity index (χ0) is 16.9. The largest absolute Gasteiger partial charge is 0.346 e. The number of aryl methyl sites for hydroxylation is 1. The lowest BCUT2D eigenvalue weighted by Crippen LogP contribution is -2.44. The molecule has 1 aromatic carbocycles. The number of amides is 2. The minimum atomic E-state index is -0.505. The van der Waals surface area contributed by atoms with Gasteiger partial charge in [-0.05, 0) is 25.0 Å². The first-order valence-corrected chi connectivity index (χ1v) is 7.96. The summed E-state index contributed by atoms with van der Waals surface area (Å²) in [6.45, 7) is 0.411. The molecule has 1 aliphatic rings. The van der Waals surface area contributed by atoms with Gasteiger partial charge < -0.3 is 0 Å². The average molecular weight is 329 g/mol. The van der Waals surface area contributed by atoms with Gasteiger partial charge in [-0.3, -0.25) is 25.0 Å². The molecule has 1 aliphatic heterocycles. The molecule has 2 N–H and O–H groups in total. The van der Waals surface area contributed by atoms with Crippen molar-refractivity contribution in [2.45, 2.75) is 38.8 Å². The highest BCUT2D eigenvalue weighted by Crippen LogP contribution is 2.10. The molecule has 0 radical (unpaired) electrons. The van der Waals surface area contributed by atoms with Crippen molar-refractivity contribution in [3.05, 3.63) is 52.2 Å². The third kappa shape index (κ3) is 3.53. The smallest absolute Gasteiger partial charge is 0.279 e. The Balaban J connectivity index is 1.59. The van der Waals surface area contributed by atoms with E-state index in [1.165, 1.54) is 0 Å². The third-order valence-corrected chi connectivity index (χ3v) is 3.93. The molecule has 2 heterocycles. The first kappa shape index (κ1) is 16.0. The van der Waals surface area contributed by atoms with E-state index >= 15 is 0 Å². The van der Waals surface area contributed by atoms with E-state index in [0.29, 0.717) is 12.1 Å². The maximum atomic E-state index is 12.3. The van der Waals surface area contributed by atoms with Crippen LogP contribution in [0.3, 0.4) is 0 Å². The van der Waals surface area contributed by atoms with Crippen LogP contribution in [0.25, 0.3) is 0 Å². The molecule has 8 nitrogen and oxygen atoms in total. The quantitative estimate of drug-likeness (QED) is 0.788. The van der Waals surface area contributed by atoms with Crippen LogP contribution < -0.4 is 16.5 Å². The predicted octanol–water partition coefficient (Wildman–Crippen LogP) is 0.232. The highest BCUT2D eigenvalue weighted by atomic mass is 16.2. The van der Waals surface area contributed by atoms with Crippen LogP contribution in [0.5, 0.6) is 0 Å². The zero-order valence-corrected chi connectivity index (χ0v) is 13.2. The highest BCUT2D eigenvalue weighted by Gasteiger charge is 2.17. The normalized spacial score (nSPS) is 13.7. The molecule has 0 fully saturated rings. The molecule has 0 aliphatic carbocycles. The summed E-state index contributed by atoms with van der Waals surface area (Å²) in [6.07, 6.45) is 3.76. The molecule has 1 aromatic heterocycles. The molecular formula is C16H19N5O3. The fourth-order valence-corrected chi connectivity index (χ4v) is 2.69. The number of aromatic nitrogens is 3. The molecule has 0 spiro atoms. The summed E-state index contributed by atoms with van der Waals surface area (Å²) in [5.41, 5.74) is 4.78. The van der Waals surface area contributed by atoms with Crippen LogP contribution in [0, 0.1) is 0 Å². The van der Waals surface area contributed by atoms with Crippen molar-refractivity contribution in [3.8, 4) is 0 Å². The van der Waals surface area contributed by atoms with Crippen LogP contribution in [0.1, 0.15) is 35.4 Å². The van der Waals surface area contributed by atoms with Crippen LogP contribution in [-0.4, -0.2) is 26.2 Å². The number of benzene rings is 1. The molecule has 2 aromatic rings. The predicted molar refractivity (Wildman–Crippen MR) is 86.1 cm³/mol. The Labute approximate surface area is 138 Å². The molecule has 0 saturated heterocycles. The number of hydrazine groups is 1. The average Bonchev–Trinajstić information content (AvgIpc) is 2.78. The number of nitrogens with zero attached hydrogens (tertiary/aromatic N) is 3. The molecule has 24 heavy (non-hydrogen) atoms. The van der Waals surface area contributed by atoms with Gasteiger partial charge in [0.25, 0.3) is 11.8 Å². The van der Waals surface area contributed by atoms with Gasteiger partial charge in [0, 0.05) is 18.5 Å². The van der Waals surface area contributed by atoms with Gasteiger partial charge in [-0.25, -0.2) is 9.48 Å². The Morgan fingerprint density at radius 2 is 1.88 bits per heavy atom. The van der Waals surface area contributed by atoms with E-state index in [1.54, 1.807) is 34.9 Å². The Morgan fingerprint density at radius 1 is 1.08 bits per heavy atom. The van der Waals surface area contributed by atoms with Crippen molar-refractivity contribution in [2.24, 2.45) is 0 Å². The Hall–Kier alpha value is -2.90. The van der Waals surface area contributed by atoms with Crippen LogP contribution in [0.2, 0.25) is 0 Å². The van der Waals surface area contributed by atoms with E-state index < -0.39 is 11.8 Å². The SMILES string of the molecule is O=C(Cn1nc2n(c1=O)CCCCC2)NNC(=O)c1ccccc1. The van der Waals surface area contributed by atoms with E-state index in [9.17, 15) is 14.4 Å². The second kappa shape index (κ2) is 7.12. The van der Waals surface area contributed by atoms with Gasteiger partial charge in [0.05, 0.1) is 0 Å². The second-order valence-corrected chi connectivity index (χ2v) is 5.69. The molecule has 0 bridgehead atoms. The molecule has 2 amide bonds. The van der Waals surface area contributed by atoms with Crippen molar-refractivity contribution >= 4 is 11.8 Å². The summed E-state index contributed by atoms with van der Waals surface area (Å²) in [4.78, 5) is 36.1. The number of hydrogen-bond donors (Lipinski definition) is 2. The summed E-state index contributed by atoms with van der Waals surface area (Å²) >= 11 is 0. The van der Waals surface area contributed by atoms with Crippen LogP contribution >= 0.6 is 0 Å². The summed E-state index contributed by atoms with van der Waals surface area (Å²) in [5, 5.41) is 4.23. The lowest BCUT2D eigenvalue weighted by molar-refractivity contribution is -0.122. The fourth-order valence-electron chi connectivity index (χ4n) is 2.69. The van der Waals surface area contributed by atoms with Crippen molar-refractivity contribution in [1.29, 1.82) is 0 Å². The molecule has 126 valence electrons. The Morgan fingerprint density at radius 3 is 2.67 bits per heavy atom. The molecule has 8 heteroatoms. The van der Waals surface area contributed by atoms with Crippen LogP contribution in [-0.2, 0) is 24.3 Å². The van der Waals surface area contributed by atoms with E-state index in [1.807, 2.05) is 0 Å². The van der Waals surface area contributed by atoms with Crippen molar-refractivity contribution in [3.63, 3.8) is 0 Å². The van der Waals surface area contributed by atoms with Crippen LogP contribution in [0.4, 0.5) is 0 Å². The zero-order valence-electron chi connectivity index (χ0n) is 13.2. The maximum Gasteiger partial charge on any atom is 0.346 e. The first-order valence-electron chi connectivity index (χ1n) is 7.96. The Kier molecular flexibility index (Phi) is 4.74. The number of carbonyl (C=O) groups is 2. The minimum absolute atomic E-state index is 0.228. The summed E-state index contributed by atoms with van der Waals surface area (Å²) in [7, 11) is 0. The van der Waals surface area contributed by atoms with E-state index in [2.05, 4.69) is 16.0 Å². The van der Waals surface area contributed by atoms with E-state index in [-0.39, 0.29) is 12.2 Å². The second-order valence-electron chi connectivity index (χ2n) is 5.69. The summed E-state index contributed by atoms with van der Waals surface area (Å²) in [5.74, 6) is -0.204. The first-order chi connectivity index (χ1) is 11.6. The molecule has 0 unspecified atom stereocenters. The van der Waals surface area contributed by atoms with Gasteiger partial charge in [-0.15, -0.1) is 0 Å². The van der Waals surface area contributed by atoms with Crippen molar-refractivity contribution in [2.75, 3.05) is 0 Å². The van der Waals surface area contributed by atoms with E-state index in [4.69, 9.17) is 0 Å². The van der Waals surface area contributed by atoms with Gasteiger partial charge >= 0.3 is 5.69 Å². The minimum Gasteiger partial charge on any atom is -0.279 e. The molecule has 0 atom stereocenters. The van der Waals surface area contributed by atoms with Crippen LogP contribution in [0.15, 0.2) is 35.1 Å². The van der Waals surface area contributed by atoms with Gasteiger partial charge in [0.1, 0.15) is 12.4 Å². The van der Waals surface area contributed by atoms with Crippen molar-refractivity contribution < 1.29 is 9.59 Å². The van der Waals surface area contributed by atoms with Gasteiger partial charge in [-0.2, -0.15) is 5.10 Å².